The molecule has 0 radical (unpaired) electrons. The van der Waals surface area contributed by atoms with Crippen molar-refractivity contribution in [2.75, 3.05) is 45.0 Å². The van der Waals surface area contributed by atoms with Gasteiger partial charge in [0.1, 0.15) is 0 Å². The fourth-order valence-electron chi connectivity index (χ4n) is 3.66. The van der Waals surface area contributed by atoms with Crippen molar-refractivity contribution in [3.63, 3.8) is 0 Å². The number of ether oxygens (including phenoxy) is 3. The highest BCUT2D eigenvalue weighted by atomic mass is 32.2. The molecule has 2 aromatic rings. The van der Waals surface area contributed by atoms with E-state index >= 15 is 0 Å². The second kappa shape index (κ2) is 9.84. The molecule has 162 valence electrons. The van der Waals surface area contributed by atoms with Gasteiger partial charge in [-0.25, -0.2) is 0 Å². The van der Waals surface area contributed by atoms with Gasteiger partial charge in [-0.1, -0.05) is 23.1 Å². The second-order valence-electron chi connectivity index (χ2n) is 7.22. The van der Waals surface area contributed by atoms with Crippen LogP contribution < -0.4 is 14.8 Å². The number of anilines is 1. The molecule has 0 spiro atoms. The van der Waals surface area contributed by atoms with Crippen LogP contribution in [0.3, 0.4) is 0 Å². The fourth-order valence-corrected chi connectivity index (χ4v) is 5.32. The molecule has 1 N–H and O–H groups in total. The van der Waals surface area contributed by atoms with Crippen molar-refractivity contribution in [2.45, 2.75) is 36.3 Å². The van der Waals surface area contributed by atoms with Crippen LogP contribution in [0.2, 0.25) is 0 Å². The average molecular weight is 451 g/mol. The van der Waals surface area contributed by atoms with Gasteiger partial charge in [-0.3, -0.25) is 4.79 Å². The van der Waals surface area contributed by atoms with Crippen LogP contribution in [0.1, 0.15) is 24.0 Å². The van der Waals surface area contributed by atoms with Crippen LogP contribution >= 0.6 is 23.1 Å². The normalized spacial score (nSPS) is 18.2. The average Bonchev–Trinajstić information content (AvgIpc) is 3.46. The first-order valence-corrected chi connectivity index (χ1v) is 11.8. The van der Waals surface area contributed by atoms with E-state index < -0.39 is 0 Å². The Labute approximate surface area is 184 Å². The largest absolute Gasteiger partial charge is 0.493 e. The van der Waals surface area contributed by atoms with Crippen molar-refractivity contribution in [3.05, 3.63) is 23.3 Å². The van der Waals surface area contributed by atoms with Crippen molar-refractivity contribution in [3.8, 4) is 11.5 Å². The Morgan fingerprint density at radius 1 is 1.30 bits per heavy atom. The van der Waals surface area contributed by atoms with E-state index in [4.69, 9.17) is 14.2 Å². The number of fused-ring (bicyclic) bond motifs is 1. The summed E-state index contributed by atoms with van der Waals surface area (Å²) in [6.07, 6.45) is 3.27. The van der Waals surface area contributed by atoms with E-state index in [1.807, 2.05) is 17.0 Å². The molecule has 3 heterocycles. The Balaban J connectivity index is 1.28. The number of aromatic nitrogens is 2. The molecule has 0 saturated carbocycles. The number of hydrogen-bond donors (Lipinski definition) is 1. The third-order valence-corrected chi connectivity index (χ3v) is 7.30. The highest BCUT2D eigenvalue weighted by Gasteiger charge is 2.23. The molecule has 1 unspecified atom stereocenters. The summed E-state index contributed by atoms with van der Waals surface area (Å²) in [6.45, 7) is 2.87. The number of benzene rings is 1. The first kappa shape index (κ1) is 21.2. The fraction of sp³-hybridized carbons (Fsp3) is 0.550. The molecule has 30 heavy (non-hydrogen) atoms. The van der Waals surface area contributed by atoms with E-state index in [2.05, 4.69) is 15.5 Å². The molecule has 0 aliphatic carbocycles. The quantitative estimate of drug-likeness (QED) is 0.615. The van der Waals surface area contributed by atoms with Crippen LogP contribution in [0, 0.1) is 0 Å². The number of thioether (sulfide) groups is 1. The van der Waals surface area contributed by atoms with Crippen molar-refractivity contribution in [2.24, 2.45) is 0 Å². The number of amides is 1. The molecule has 1 aromatic carbocycles. The number of nitrogens with zero attached hydrogens (tertiary/aromatic N) is 3. The van der Waals surface area contributed by atoms with Gasteiger partial charge in [-0.2, -0.15) is 0 Å². The van der Waals surface area contributed by atoms with Crippen molar-refractivity contribution in [1.29, 1.82) is 0 Å². The maximum atomic E-state index is 12.7. The molecule has 1 saturated heterocycles. The zero-order valence-corrected chi connectivity index (χ0v) is 18.8. The summed E-state index contributed by atoms with van der Waals surface area (Å²) in [5, 5.41) is 12.4. The summed E-state index contributed by atoms with van der Waals surface area (Å²) in [7, 11) is 3.26. The number of nitrogens with one attached hydrogen (secondary N) is 1. The standard InChI is InChI=1S/C20H26N4O4S2/c1-26-16-8-13-5-6-24(11-14(13)9-17(16)27-2)18(25)12-29-20-23-22-19(30-20)21-10-15-4-3-7-28-15/h8-9,15H,3-7,10-12H2,1-2H3,(H,21,22). The summed E-state index contributed by atoms with van der Waals surface area (Å²) in [5.41, 5.74) is 2.31. The summed E-state index contributed by atoms with van der Waals surface area (Å²) in [4.78, 5) is 14.6. The number of carbonyl (C=O) groups is 1. The van der Waals surface area contributed by atoms with Gasteiger partial charge in [-0.05, 0) is 42.5 Å². The number of rotatable bonds is 8. The minimum Gasteiger partial charge on any atom is -0.493 e. The molecule has 0 bridgehead atoms. The van der Waals surface area contributed by atoms with Gasteiger partial charge >= 0.3 is 0 Å². The molecule has 4 rings (SSSR count). The van der Waals surface area contributed by atoms with Crippen LogP contribution in [0.5, 0.6) is 11.5 Å². The predicted octanol–water partition coefficient (Wildman–Crippen LogP) is 2.82. The third kappa shape index (κ3) is 4.98. The maximum absolute atomic E-state index is 12.7. The number of hydrogen-bond acceptors (Lipinski definition) is 9. The van der Waals surface area contributed by atoms with Gasteiger partial charge in [0.15, 0.2) is 15.8 Å². The summed E-state index contributed by atoms with van der Waals surface area (Å²) < 4.78 is 17.2. The van der Waals surface area contributed by atoms with Crippen molar-refractivity contribution >= 4 is 34.1 Å². The van der Waals surface area contributed by atoms with Gasteiger partial charge < -0.3 is 24.4 Å². The first-order chi connectivity index (χ1) is 14.7. The Bertz CT molecular complexity index is 886. The Kier molecular flexibility index (Phi) is 6.96. The number of carbonyl (C=O) groups excluding carboxylic acids is 1. The first-order valence-electron chi connectivity index (χ1n) is 9.99. The number of methoxy groups -OCH3 is 2. The van der Waals surface area contributed by atoms with Gasteiger partial charge in [0.25, 0.3) is 0 Å². The summed E-state index contributed by atoms with van der Waals surface area (Å²) in [6, 6.07) is 3.98. The van der Waals surface area contributed by atoms with E-state index in [1.54, 1.807) is 14.2 Å². The zero-order chi connectivity index (χ0) is 20.9. The molecule has 1 amide bonds. The van der Waals surface area contributed by atoms with Crippen molar-refractivity contribution in [1.82, 2.24) is 15.1 Å². The Hall–Kier alpha value is -2.04. The van der Waals surface area contributed by atoms with Crippen LogP contribution in [0.15, 0.2) is 16.5 Å². The third-order valence-electron chi connectivity index (χ3n) is 5.30. The predicted molar refractivity (Wildman–Crippen MR) is 117 cm³/mol. The topological polar surface area (TPSA) is 85.8 Å². The minimum absolute atomic E-state index is 0.101. The molecule has 2 aliphatic heterocycles. The molecular weight excluding hydrogens is 424 g/mol. The monoisotopic (exact) mass is 450 g/mol. The van der Waals surface area contributed by atoms with E-state index in [0.29, 0.717) is 24.6 Å². The van der Waals surface area contributed by atoms with Gasteiger partial charge in [0.05, 0.1) is 26.1 Å². The lowest BCUT2D eigenvalue weighted by atomic mass is 9.99. The van der Waals surface area contributed by atoms with E-state index in [1.165, 1.54) is 28.7 Å². The highest BCUT2D eigenvalue weighted by Crippen LogP contribution is 2.33. The van der Waals surface area contributed by atoms with Crippen LogP contribution in [0.4, 0.5) is 5.13 Å². The molecule has 10 heteroatoms. The van der Waals surface area contributed by atoms with Gasteiger partial charge in [0.2, 0.25) is 11.0 Å². The highest BCUT2D eigenvalue weighted by molar-refractivity contribution is 8.01. The lowest BCUT2D eigenvalue weighted by Crippen LogP contribution is -2.37. The molecule has 1 atom stereocenters. The zero-order valence-electron chi connectivity index (χ0n) is 17.2. The SMILES string of the molecule is COc1cc2c(cc1OC)CN(C(=O)CSc1nnc(NCC3CCCO3)s1)CC2. The summed E-state index contributed by atoms with van der Waals surface area (Å²) in [5.74, 6) is 1.87. The molecular formula is C20H26N4O4S2. The molecule has 1 fully saturated rings. The van der Waals surface area contributed by atoms with E-state index in [-0.39, 0.29) is 12.0 Å². The van der Waals surface area contributed by atoms with E-state index in [0.717, 1.165) is 53.2 Å². The van der Waals surface area contributed by atoms with Crippen molar-refractivity contribution < 1.29 is 19.0 Å². The maximum Gasteiger partial charge on any atom is 0.233 e. The summed E-state index contributed by atoms with van der Waals surface area (Å²) >= 11 is 2.91. The lowest BCUT2D eigenvalue weighted by Gasteiger charge is -2.29. The lowest BCUT2D eigenvalue weighted by molar-refractivity contribution is -0.129. The second-order valence-corrected chi connectivity index (χ2v) is 9.42. The van der Waals surface area contributed by atoms with Crippen LogP contribution in [-0.4, -0.2) is 66.8 Å². The van der Waals surface area contributed by atoms with Crippen LogP contribution in [-0.2, 0) is 22.5 Å². The minimum atomic E-state index is 0.101. The van der Waals surface area contributed by atoms with Gasteiger partial charge in [-0.15, -0.1) is 10.2 Å². The Morgan fingerprint density at radius 2 is 2.10 bits per heavy atom. The smallest absolute Gasteiger partial charge is 0.233 e. The molecule has 2 aliphatic rings. The molecule has 8 nitrogen and oxygen atoms in total. The Morgan fingerprint density at radius 3 is 2.83 bits per heavy atom. The van der Waals surface area contributed by atoms with E-state index in [9.17, 15) is 4.79 Å². The molecule has 1 aromatic heterocycles. The van der Waals surface area contributed by atoms with Gasteiger partial charge in [0, 0.05) is 26.2 Å². The van der Waals surface area contributed by atoms with Crippen LogP contribution in [0.25, 0.3) is 0 Å².